The van der Waals surface area contributed by atoms with Gasteiger partial charge in [-0.15, -0.1) is 11.3 Å². The van der Waals surface area contributed by atoms with Crippen molar-refractivity contribution in [3.05, 3.63) is 53.5 Å². The topological polar surface area (TPSA) is 50.2 Å². The van der Waals surface area contributed by atoms with Gasteiger partial charge >= 0.3 is 0 Å². The minimum atomic E-state index is 0.0440. The monoisotopic (exact) mass is 380 g/mol. The molecule has 0 unspecified atom stereocenters. The van der Waals surface area contributed by atoms with Crippen LogP contribution in [-0.2, 0) is 6.54 Å². The maximum atomic E-state index is 12.1. The number of nitrogens with zero attached hydrogens (tertiary/aromatic N) is 3. The third-order valence-electron chi connectivity index (χ3n) is 4.91. The lowest BCUT2D eigenvalue weighted by molar-refractivity contribution is 0.0832. The van der Waals surface area contributed by atoms with E-state index in [1.165, 1.54) is 17.8 Å². The number of hydrogen-bond acceptors (Lipinski definition) is 4. The van der Waals surface area contributed by atoms with Gasteiger partial charge in [0.25, 0.3) is 5.91 Å². The normalized spacial score (nSPS) is 16.6. The van der Waals surface area contributed by atoms with Crippen molar-refractivity contribution < 1.29 is 4.79 Å². The maximum absolute atomic E-state index is 12.1. The zero-order valence-corrected chi connectivity index (χ0v) is 16.5. The first-order valence-corrected chi connectivity index (χ1v) is 10.1. The van der Waals surface area contributed by atoms with Gasteiger partial charge < -0.3 is 10.2 Å². The van der Waals surface area contributed by atoms with Crippen molar-refractivity contribution in [2.24, 2.45) is 5.92 Å². The first-order chi connectivity index (χ1) is 13.1. The number of carbonyl (C=O) groups excluding carboxylic acids is 1. The number of carbonyl (C=O) groups is 1. The zero-order chi connectivity index (χ0) is 18.8. The predicted molar refractivity (Wildman–Crippen MR) is 110 cm³/mol. The van der Waals surface area contributed by atoms with Crippen LogP contribution in [0.1, 0.15) is 16.1 Å². The first kappa shape index (κ1) is 17.9. The average molecular weight is 381 g/mol. The Morgan fingerprint density at radius 3 is 2.89 bits per heavy atom. The van der Waals surface area contributed by atoms with Crippen molar-refractivity contribution in [1.82, 2.24) is 20.0 Å². The smallest absolute Gasteiger partial charge is 0.263 e. The van der Waals surface area contributed by atoms with Crippen LogP contribution in [0.5, 0.6) is 0 Å². The second kappa shape index (κ2) is 7.66. The van der Waals surface area contributed by atoms with Crippen molar-refractivity contribution in [2.75, 3.05) is 27.2 Å². The van der Waals surface area contributed by atoms with Gasteiger partial charge in [0.15, 0.2) is 0 Å². The molecular weight excluding hydrogens is 356 g/mol. The highest BCUT2D eigenvalue weighted by Crippen LogP contribution is 2.31. The summed E-state index contributed by atoms with van der Waals surface area (Å²) in [5.41, 5.74) is 3.21. The molecule has 1 aliphatic rings. The molecule has 3 heterocycles. The van der Waals surface area contributed by atoms with Crippen LogP contribution in [0.2, 0.25) is 0 Å². The molecule has 0 bridgehead atoms. The molecule has 1 amide bonds. The van der Waals surface area contributed by atoms with Gasteiger partial charge in [-0.1, -0.05) is 18.2 Å². The summed E-state index contributed by atoms with van der Waals surface area (Å²) in [5.74, 6) is 0.713. The maximum Gasteiger partial charge on any atom is 0.263 e. The van der Waals surface area contributed by atoms with Gasteiger partial charge in [0, 0.05) is 37.3 Å². The van der Waals surface area contributed by atoms with Crippen molar-refractivity contribution in [3.8, 4) is 21.7 Å². The molecule has 1 fully saturated rings. The van der Waals surface area contributed by atoms with Gasteiger partial charge in [0.05, 0.1) is 10.6 Å². The first-order valence-electron chi connectivity index (χ1n) is 9.26. The van der Waals surface area contributed by atoms with Gasteiger partial charge in [0.1, 0.15) is 0 Å². The Bertz CT molecular complexity index is 937. The molecule has 5 nitrogen and oxygen atoms in total. The molecule has 1 saturated heterocycles. The summed E-state index contributed by atoms with van der Waals surface area (Å²) < 4.78 is 2.05. The van der Waals surface area contributed by atoms with Crippen LogP contribution < -0.4 is 5.32 Å². The van der Waals surface area contributed by atoms with Crippen molar-refractivity contribution in [2.45, 2.75) is 13.0 Å². The fourth-order valence-electron chi connectivity index (χ4n) is 3.41. The van der Waals surface area contributed by atoms with Crippen LogP contribution >= 0.6 is 11.3 Å². The van der Waals surface area contributed by atoms with E-state index < -0.39 is 0 Å². The SMILES string of the molecule is CN(C)C(=O)c1ccc(-c2cccc(-c3ccn(C[C@@H]4CCNC4)n3)c2)s1. The average Bonchev–Trinajstić information content (AvgIpc) is 3.43. The fraction of sp³-hybridized carbons (Fsp3) is 0.333. The highest BCUT2D eigenvalue weighted by atomic mass is 32.1. The minimum absolute atomic E-state index is 0.0440. The number of thiophene rings is 1. The van der Waals surface area contributed by atoms with E-state index in [4.69, 9.17) is 5.10 Å². The summed E-state index contributed by atoms with van der Waals surface area (Å²) in [6.07, 6.45) is 3.29. The molecule has 0 aliphatic carbocycles. The van der Waals surface area contributed by atoms with Crippen molar-refractivity contribution in [3.63, 3.8) is 0 Å². The largest absolute Gasteiger partial charge is 0.344 e. The van der Waals surface area contributed by atoms with Gasteiger partial charge in [-0.3, -0.25) is 9.48 Å². The predicted octanol–water partition coefficient (Wildman–Crippen LogP) is 3.59. The standard InChI is InChI=1S/C21H24N4OS/c1-24(2)21(26)20-7-6-19(27-20)17-5-3-4-16(12-17)18-9-11-25(23-18)14-15-8-10-22-13-15/h3-7,9,11-12,15,22H,8,10,13-14H2,1-2H3/t15-/m1/s1. The summed E-state index contributed by atoms with van der Waals surface area (Å²) in [5, 5.41) is 8.17. The van der Waals surface area contributed by atoms with E-state index in [1.54, 1.807) is 19.0 Å². The van der Waals surface area contributed by atoms with E-state index >= 15 is 0 Å². The number of nitrogens with one attached hydrogen (secondary N) is 1. The molecule has 0 saturated carbocycles. The van der Waals surface area contributed by atoms with Crippen molar-refractivity contribution in [1.29, 1.82) is 0 Å². The van der Waals surface area contributed by atoms with Crippen LogP contribution in [0.3, 0.4) is 0 Å². The van der Waals surface area contributed by atoms with E-state index in [-0.39, 0.29) is 5.91 Å². The molecule has 1 aromatic carbocycles. The van der Waals surface area contributed by atoms with Gasteiger partial charge in [0.2, 0.25) is 0 Å². The summed E-state index contributed by atoms with van der Waals surface area (Å²) in [4.78, 5) is 15.6. The Morgan fingerprint density at radius 2 is 2.11 bits per heavy atom. The van der Waals surface area contributed by atoms with E-state index in [0.29, 0.717) is 5.92 Å². The van der Waals surface area contributed by atoms with E-state index in [0.717, 1.165) is 46.2 Å². The van der Waals surface area contributed by atoms with Crippen LogP contribution in [0.25, 0.3) is 21.7 Å². The van der Waals surface area contributed by atoms with E-state index in [2.05, 4.69) is 46.5 Å². The summed E-state index contributed by atoms with van der Waals surface area (Å²) in [6.45, 7) is 3.16. The Kier molecular flexibility index (Phi) is 5.09. The summed E-state index contributed by atoms with van der Waals surface area (Å²) in [6, 6.07) is 14.4. The molecule has 1 aliphatic heterocycles. The Balaban J connectivity index is 1.54. The number of hydrogen-bond donors (Lipinski definition) is 1. The lowest BCUT2D eigenvalue weighted by atomic mass is 10.1. The van der Waals surface area contributed by atoms with Crippen LogP contribution in [0.15, 0.2) is 48.7 Å². The molecule has 0 radical (unpaired) electrons. The number of benzene rings is 1. The molecule has 140 valence electrons. The number of amides is 1. The minimum Gasteiger partial charge on any atom is -0.344 e. The quantitative estimate of drug-likeness (QED) is 0.736. The molecule has 27 heavy (non-hydrogen) atoms. The third kappa shape index (κ3) is 3.96. The van der Waals surface area contributed by atoms with E-state index in [9.17, 15) is 4.79 Å². The molecular formula is C21H24N4OS. The van der Waals surface area contributed by atoms with Crippen molar-refractivity contribution >= 4 is 17.2 Å². The third-order valence-corrected chi connectivity index (χ3v) is 6.04. The molecule has 1 atom stereocenters. The molecule has 6 heteroatoms. The lowest BCUT2D eigenvalue weighted by Crippen LogP contribution is -2.20. The molecule has 2 aromatic heterocycles. The van der Waals surface area contributed by atoms with Crippen LogP contribution in [-0.4, -0.2) is 47.8 Å². The van der Waals surface area contributed by atoms with Crippen LogP contribution in [0, 0.1) is 5.92 Å². The summed E-state index contributed by atoms with van der Waals surface area (Å²) in [7, 11) is 3.56. The zero-order valence-electron chi connectivity index (χ0n) is 15.7. The fourth-order valence-corrected chi connectivity index (χ4v) is 4.44. The van der Waals surface area contributed by atoms with Gasteiger partial charge in [-0.05, 0) is 55.3 Å². The van der Waals surface area contributed by atoms with E-state index in [1.807, 2.05) is 12.1 Å². The van der Waals surface area contributed by atoms with Gasteiger partial charge in [-0.2, -0.15) is 5.10 Å². The highest BCUT2D eigenvalue weighted by Gasteiger charge is 2.16. The second-order valence-corrected chi connectivity index (χ2v) is 8.31. The van der Waals surface area contributed by atoms with Gasteiger partial charge in [-0.25, -0.2) is 0 Å². The Morgan fingerprint density at radius 1 is 1.26 bits per heavy atom. The highest BCUT2D eigenvalue weighted by molar-refractivity contribution is 7.17. The molecule has 3 aromatic rings. The summed E-state index contributed by atoms with van der Waals surface area (Å²) >= 11 is 1.53. The van der Waals surface area contributed by atoms with Crippen LogP contribution in [0.4, 0.5) is 0 Å². The lowest BCUT2D eigenvalue weighted by Gasteiger charge is -2.08. The Labute approximate surface area is 163 Å². The second-order valence-electron chi connectivity index (χ2n) is 7.23. The number of aromatic nitrogens is 2. The Hall–Kier alpha value is -2.44. The number of rotatable bonds is 5. The molecule has 0 spiro atoms. The molecule has 1 N–H and O–H groups in total. The molecule has 4 rings (SSSR count).